The van der Waals surface area contributed by atoms with Gasteiger partial charge in [-0.25, -0.2) is 0 Å². The molecule has 0 bridgehead atoms. The molecular weight excluding hydrogens is 256 g/mol. The number of benzene rings is 1. The van der Waals surface area contributed by atoms with Crippen molar-refractivity contribution in [2.24, 2.45) is 11.7 Å². The summed E-state index contributed by atoms with van der Waals surface area (Å²) in [5.41, 5.74) is 7.13. The van der Waals surface area contributed by atoms with Gasteiger partial charge in [0, 0.05) is 6.54 Å². The Morgan fingerprint density at radius 2 is 2.05 bits per heavy atom. The number of aryl methyl sites for hydroxylation is 1. The standard InChI is InChI=1S/C15H24N2OS/c1-12(11-19-2)10-17-15(18)14(16)9-8-13-6-4-3-5-7-13/h3-7,12,14H,8-11,16H2,1-2H3,(H,17,18)/t12?,14-/m0/s1. The number of nitrogens with two attached hydrogens (primary N) is 1. The second-order valence-electron chi connectivity index (χ2n) is 4.94. The third-order valence-electron chi connectivity index (χ3n) is 3.00. The molecule has 0 heterocycles. The van der Waals surface area contributed by atoms with Gasteiger partial charge in [0.05, 0.1) is 6.04 Å². The number of rotatable bonds is 8. The van der Waals surface area contributed by atoms with Crippen LogP contribution in [0.1, 0.15) is 18.9 Å². The summed E-state index contributed by atoms with van der Waals surface area (Å²) in [6, 6.07) is 9.71. The fourth-order valence-corrected chi connectivity index (χ4v) is 2.53. The highest BCUT2D eigenvalue weighted by molar-refractivity contribution is 7.98. The fraction of sp³-hybridized carbons (Fsp3) is 0.533. The second kappa shape index (κ2) is 8.99. The first-order chi connectivity index (χ1) is 9.13. The van der Waals surface area contributed by atoms with Crippen LogP contribution in [0.25, 0.3) is 0 Å². The first kappa shape index (κ1) is 16.1. The van der Waals surface area contributed by atoms with Crippen LogP contribution in [0.5, 0.6) is 0 Å². The minimum atomic E-state index is -0.415. The van der Waals surface area contributed by atoms with Gasteiger partial charge in [0.1, 0.15) is 0 Å². The topological polar surface area (TPSA) is 55.1 Å². The molecule has 0 fully saturated rings. The monoisotopic (exact) mass is 280 g/mol. The van der Waals surface area contributed by atoms with Crippen molar-refractivity contribution in [3.05, 3.63) is 35.9 Å². The van der Waals surface area contributed by atoms with E-state index in [1.165, 1.54) is 5.56 Å². The van der Waals surface area contributed by atoms with Gasteiger partial charge >= 0.3 is 0 Å². The van der Waals surface area contributed by atoms with Crippen molar-refractivity contribution in [2.45, 2.75) is 25.8 Å². The van der Waals surface area contributed by atoms with Gasteiger partial charge in [-0.2, -0.15) is 11.8 Å². The summed E-state index contributed by atoms with van der Waals surface area (Å²) < 4.78 is 0. The third-order valence-corrected chi connectivity index (χ3v) is 3.90. The van der Waals surface area contributed by atoms with E-state index in [-0.39, 0.29) is 5.91 Å². The summed E-state index contributed by atoms with van der Waals surface area (Å²) in [4.78, 5) is 11.8. The zero-order valence-electron chi connectivity index (χ0n) is 11.8. The minimum Gasteiger partial charge on any atom is -0.354 e. The van der Waals surface area contributed by atoms with Gasteiger partial charge in [-0.15, -0.1) is 0 Å². The lowest BCUT2D eigenvalue weighted by Gasteiger charge is -2.15. The van der Waals surface area contributed by atoms with Crippen molar-refractivity contribution in [3.8, 4) is 0 Å². The Bertz CT molecular complexity index is 370. The van der Waals surface area contributed by atoms with E-state index in [0.29, 0.717) is 18.9 Å². The van der Waals surface area contributed by atoms with Crippen LogP contribution in [0.2, 0.25) is 0 Å². The van der Waals surface area contributed by atoms with Crippen molar-refractivity contribution in [2.75, 3.05) is 18.6 Å². The van der Waals surface area contributed by atoms with Crippen LogP contribution in [0.3, 0.4) is 0 Å². The predicted molar refractivity (Wildman–Crippen MR) is 83.3 cm³/mol. The predicted octanol–water partition coefficient (Wildman–Crippen LogP) is 2.06. The summed E-state index contributed by atoms with van der Waals surface area (Å²) in [5, 5.41) is 2.93. The summed E-state index contributed by atoms with van der Waals surface area (Å²) in [6.07, 6.45) is 3.60. The quantitative estimate of drug-likeness (QED) is 0.766. The lowest BCUT2D eigenvalue weighted by atomic mass is 10.1. The van der Waals surface area contributed by atoms with Crippen molar-refractivity contribution in [1.82, 2.24) is 5.32 Å². The molecule has 3 nitrogen and oxygen atoms in total. The average molecular weight is 280 g/mol. The number of carbonyl (C=O) groups excluding carboxylic acids is 1. The summed E-state index contributed by atoms with van der Waals surface area (Å²) in [7, 11) is 0. The van der Waals surface area contributed by atoms with Gasteiger partial charge in [-0.05, 0) is 36.3 Å². The van der Waals surface area contributed by atoms with Crippen molar-refractivity contribution in [1.29, 1.82) is 0 Å². The lowest BCUT2D eigenvalue weighted by molar-refractivity contribution is -0.122. The molecule has 0 radical (unpaired) electrons. The highest BCUT2D eigenvalue weighted by Crippen LogP contribution is 2.05. The van der Waals surface area contributed by atoms with Gasteiger partial charge in [0.15, 0.2) is 0 Å². The Hall–Kier alpha value is -1.00. The Morgan fingerprint density at radius 1 is 1.37 bits per heavy atom. The van der Waals surface area contributed by atoms with E-state index in [2.05, 4.69) is 30.6 Å². The van der Waals surface area contributed by atoms with Crippen LogP contribution < -0.4 is 11.1 Å². The van der Waals surface area contributed by atoms with Gasteiger partial charge in [0.25, 0.3) is 0 Å². The van der Waals surface area contributed by atoms with Crippen LogP contribution in [0, 0.1) is 5.92 Å². The van der Waals surface area contributed by atoms with Crippen molar-refractivity contribution >= 4 is 17.7 Å². The SMILES string of the molecule is CSCC(C)CNC(=O)[C@@H](N)CCc1ccccc1. The maximum Gasteiger partial charge on any atom is 0.236 e. The number of carbonyl (C=O) groups is 1. The summed E-state index contributed by atoms with van der Waals surface area (Å²) in [5.74, 6) is 1.50. The lowest BCUT2D eigenvalue weighted by Crippen LogP contribution is -2.42. The molecule has 1 aromatic carbocycles. The highest BCUT2D eigenvalue weighted by atomic mass is 32.2. The molecule has 1 amide bonds. The van der Waals surface area contributed by atoms with E-state index in [1.54, 1.807) is 11.8 Å². The molecule has 1 unspecified atom stereocenters. The highest BCUT2D eigenvalue weighted by Gasteiger charge is 2.13. The van der Waals surface area contributed by atoms with Crippen molar-refractivity contribution in [3.63, 3.8) is 0 Å². The van der Waals surface area contributed by atoms with Gasteiger partial charge in [-0.3, -0.25) is 4.79 Å². The van der Waals surface area contributed by atoms with Gasteiger partial charge in [-0.1, -0.05) is 37.3 Å². The number of amides is 1. The van der Waals surface area contributed by atoms with Crippen LogP contribution in [-0.2, 0) is 11.2 Å². The van der Waals surface area contributed by atoms with E-state index in [0.717, 1.165) is 12.2 Å². The maximum absolute atomic E-state index is 11.8. The molecule has 0 aliphatic heterocycles. The zero-order chi connectivity index (χ0) is 14.1. The van der Waals surface area contributed by atoms with Crippen LogP contribution in [-0.4, -0.2) is 30.5 Å². The first-order valence-electron chi connectivity index (χ1n) is 6.69. The number of hydrogen-bond donors (Lipinski definition) is 2. The average Bonchev–Trinajstić information content (AvgIpc) is 2.43. The molecule has 1 aromatic rings. The molecular formula is C15H24N2OS. The molecule has 0 aliphatic carbocycles. The molecule has 1 rings (SSSR count). The normalized spacial score (nSPS) is 13.8. The fourth-order valence-electron chi connectivity index (χ4n) is 1.85. The first-order valence-corrected chi connectivity index (χ1v) is 8.09. The molecule has 0 aromatic heterocycles. The summed E-state index contributed by atoms with van der Waals surface area (Å²) >= 11 is 1.79. The summed E-state index contributed by atoms with van der Waals surface area (Å²) in [6.45, 7) is 2.84. The zero-order valence-corrected chi connectivity index (χ0v) is 12.6. The van der Waals surface area contributed by atoms with Gasteiger partial charge in [0.2, 0.25) is 5.91 Å². The van der Waals surface area contributed by atoms with Gasteiger partial charge < -0.3 is 11.1 Å². The third kappa shape index (κ3) is 6.64. The number of nitrogens with one attached hydrogen (secondary N) is 1. The van der Waals surface area contributed by atoms with Crippen LogP contribution in [0.15, 0.2) is 30.3 Å². The Balaban J connectivity index is 2.25. The van der Waals surface area contributed by atoms with E-state index < -0.39 is 6.04 Å². The molecule has 19 heavy (non-hydrogen) atoms. The molecule has 0 saturated heterocycles. The molecule has 0 aliphatic rings. The Kier molecular flexibility index (Phi) is 7.60. The maximum atomic E-state index is 11.8. The second-order valence-corrected chi connectivity index (χ2v) is 5.85. The number of hydrogen-bond acceptors (Lipinski definition) is 3. The molecule has 0 saturated carbocycles. The van der Waals surface area contributed by atoms with Crippen LogP contribution >= 0.6 is 11.8 Å². The molecule has 106 valence electrons. The molecule has 0 spiro atoms. The van der Waals surface area contributed by atoms with Crippen LogP contribution in [0.4, 0.5) is 0 Å². The van der Waals surface area contributed by atoms with E-state index >= 15 is 0 Å². The Morgan fingerprint density at radius 3 is 2.68 bits per heavy atom. The van der Waals surface area contributed by atoms with E-state index in [4.69, 9.17) is 5.73 Å². The Labute approximate surface area is 120 Å². The molecule has 4 heteroatoms. The molecule has 3 N–H and O–H groups in total. The smallest absolute Gasteiger partial charge is 0.236 e. The largest absolute Gasteiger partial charge is 0.354 e. The van der Waals surface area contributed by atoms with E-state index in [9.17, 15) is 4.79 Å². The van der Waals surface area contributed by atoms with Crippen molar-refractivity contribution < 1.29 is 4.79 Å². The minimum absolute atomic E-state index is 0.0381. The molecule has 2 atom stereocenters. The van der Waals surface area contributed by atoms with E-state index in [1.807, 2.05) is 18.2 Å². The number of thioether (sulfide) groups is 1.